The maximum atomic E-state index is 14.5. The number of aromatic nitrogens is 1. The summed E-state index contributed by atoms with van der Waals surface area (Å²) in [6.07, 6.45) is 3.42. The lowest BCUT2D eigenvalue weighted by molar-refractivity contribution is 0.355. The molecule has 7 heteroatoms. The van der Waals surface area contributed by atoms with E-state index >= 15 is 0 Å². The largest absolute Gasteiger partial charge is 0.496 e. The molecule has 2 heterocycles. The Balaban J connectivity index is 1.97. The van der Waals surface area contributed by atoms with Gasteiger partial charge in [0.25, 0.3) is 0 Å². The Kier molecular flexibility index (Phi) is 4.50. The lowest BCUT2D eigenvalue weighted by atomic mass is 10.2. The summed E-state index contributed by atoms with van der Waals surface area (Å²) in [5.41, 5.74) is 1.38. The highest BCUT2D eigenvalue weighted by Gasteiger charge is 2.18. The molecule has 0 saturated carbocycles. The third kappa shape index (κ3) is 2.91. The fraction of sp³-hybridized carbons (Fsp3) is 0.312. The van der Waals surface area contributed by atoms with E-state index in [1.807, 2.05) is 22.5 Å². The predicted octanol–water partition coefficient (Wildman–Crippen LogP) is 4.17. The Bertz CT molecular complexity index is 813. The summed E-state index contributed by atoms with van der Waals surface area (Å²) in [5.74, 6) is 0.127. The number of aryl methyl sites for hydroxylation is 1. The number of aliphatic imine (C=N–C) groups is 1. The van der Waals surface area contributed by atoms with Gasteiger partial charge in [-0.15, -0.1) is 0 Å². The summed E-state index contributed by atoms with van der Waals surface area (Å²) < 4.78 is 21.8. The minimum Gasteiger partial charge on any atom is -0.496 e. The lowest BCUT2D eigenvalue weighted by Crippen LogP contribution is -2.27. The van der Waals surface area contributed by atoms with Crippen LogP contribution >= 0.6 is 23.2 Å². The Hall–Kier alpha value is -1.72. The third-order valence-corrected chi connectivity index (χ3v) is 4.57. The van der Waals surface area contributed by atoms with Gasteiger partial charge in [-0.05, 0) is 19.1 Å². The summed E-state index contributed by atoms with van der Waals surface area (Å²) in [6.45, 7) is 3.61. The topological polar surface area (TPSA) is 29.8 Å². The molecule has 23 heavy (non-hydrogen) atoms. The number of fused-ring (bicyclic) bond motifs is 1. The van der Waals surface area contributed by atoms with E-state index in [0.29, 0.717) is 41.6 Å². The average Bonchev–Trinajstić information content (AvgIpc) is 2.87. The molecule has 0 spiro atoms. The zero-order chi connectivity index (χ0) is 16.6. The van der Waals surface area contributed by atoms with Crippen molar-refractivity contribution in [3.05, 3.63) is 39.9 Å². The third-order valence-electron chi connectivity index (χ3n) is 3.93. The SMILES string of the molecule is COc1cc(Cl)c(F)c2c1cc(C)n2CCN1CN=CC=C1Cl. The van der Waals surface area contributed by atoms with Crippen molar-refractivity contribution >= 4 is 40.3 Å². The van der Waals surface area contributed by atoms with Crippen LogP contribution < -0.4 is 4.74 Å². The number of nitrogens with zero attached hydrogens (tertiary/aromatic N) is 3. The first-order valence-corrected chi connectivity index (χ1v) is 7.91. The number of ether oxygens (including phenoxy) is 1. The number of hydrogen-bond donors (Lipinski definition) is 0. The van der Waals surface area contributed by atoms with Crippen molar-refractivity contribution in [2.75, 3.05) is 20.3 Å². The lowest BCUT2D eigenvalue weighted by Gasteiger charge is -2.24. The predicted molar refractivity (Wildman–Crippen MR) is 92.2 cm³/mol. The fourth-order valence-electron chi connectivity index (χ4n) is 2.76. The molecule has 0 radical (unpaired) electrons. The molecule has 0 unspecified atom stereocenters. The first-order chi connectivity index (χ1) is 11.0. The van der Waals surface area contributed by atoms with Crippen molar-refractivity contribution in [3.63, 3.8) is 0 Å². The Labute approximate surface area is 143 Å². The number of rotatable bonds is 4. The van der Waals surface area contributed by atoms with E-state index < -0.39 is 5.82 Å². The van der Waals surface area contributed by atoms with Gasteiger partial charge in [-0.2, -0.15) is 0 Å². The van der Waals surface area contributed by atoms with Crippen LogP contribution in [0.1, 0.15) is 5.69 Å². The van der Waals surface area contributed by atoms with Crippen LogP contribution in [0.2, 0.25) is 5.02 Å². The number of methoxy groups -OCH3 is 1. The normalized spacial score (nSPS) is 14.5. The van der Waals surface area contributed by atoms with Gasteiger partial charge in [-0.3, -0.25) is 4.99 Å². The van der Waals surface area contributed by atoms with Gasteiger partial charge in [0.1, 0.15) is 17.6 Å². The van der Waals surface area contributed by atoms with Crippen molar-refractivity contribution in [2.45, 2.75) is 13.5 Å². The molecule has 4 nitrogen and oxygen atoms in total. The van der Waals surface area contributed by atoms with Crippen molar-refractivity contribution < 1.29 is 9.13 Å². The van der Waals surface area contributed by atoms with Gasteiger partial charge in [0.05, 0.1) is 17.6 Å². The molecule has 122 valence electrons. The molecule has 1 aromatic carbocycles. The first-order valence-electron chi connectivity index (χ1n) is 7.15. The van der Waals surface area contributed by atoms with Gasteiger partial charge in [-0.1, -0.05) is 23.2 Å². The van der Waals surface area contributed by atoms with Crippen LogP contribution in [-0.4, -0.2) is 36.0 Å². The maximum absolute atomic E-state index is 14.5. The second kappa shape index (κ2) is 6.42. The van der Waals surface area contributed by atoms with E-state index in [2.05, 4.69) is 4.99 Å². The Morgan fingerprint density at radius 1 is 1.30 bits per heavy atom. The average molecular weight is 356 g/mol. The molecule has 3 rings (SSSR count). The molecule has 0 bridgehead atoms. The molecule has 1 aliphatic rings. The van der Waals surface area contributed by atoms with E-state index in [4.69, 9.17) is 27.9 Å². The summed E-state index contributed by atoms with van der Waals surface area (Å²) in [7, 11) is 1.55. The molecule has 0 amide bonds. The second-order valence-corrected chi connectivity index (χ2v) is 6.09. The molecule has 1 aromatic heterocycles. The van der Waals surface area contributed by atoms with Gasteiger partial charge < -0.3 is 14.2 Å². The van der Waals surface area contributed by atoms with Crippen LogP contribution in [0.5, 0.6) is 5.75 Å². The van der Waals surface area contributed by atoms with E-state index in [0.717, 1.165) is 5.69 Å². The van der Waals surface area contributed by atoms with E-state index in [-0.39, 0.29) is 5.02 Å². The highest BCUT2D eigenvalue weighted by atomic mass is 35.5. The van der Waals surface area contributed by atoms with Gasteiger partial charge in [0, 0.05) is 36.5 Å². The molecule has 0 atom stereocenters. The van der Waals surface area contributed by atoms with Crippen LogP contribution in [-0.2, 0) is 6.54 Å². The van der Waals surface area contributed by atoms with E-state index in [9.17, 15) is 4.39 Å². The van der Waals surface area contributed by atoms with Crippen molar-refractivity contribution in [3.8, 4) is 5.75 Å². The summed E-state index contributed by atoms with van der Waals surface area (Å²) in [6, 6.07) is 3.40. The quantitative estimate of drug-likeness (QED) is 0.770. The minimum absolute atomic E-state index is 0.0502. The van der Waals surface area contributed by atoms with Crippen molar-refractivity contribution in [1.29, 1.82) is 0 Å². The van der Waals surface area contributed by atoms with Crippen LogP contribution in [0.3, 0.4) is 0 Å². The van der Waals surface area contributed by atoms with Crippen LogP contribution in [0.4, 0.5) is 4.39 Å². The number of allylic oxidation sites excluding steroid dienone is 1. The van der Waals surface area contributed by atoms with Gasteiger partial charge in [0.2, 0.25) is 0 Å². The van der Waals surface area contributed by atoms with Gasteiger partial charge in [0.15, 0.2) is 5.82 Å². The summed E-state index contributed by atoms with van der Waals surface area (Å²) in [4.78, 5) is 6.09. The molecular weight excluding hydrogens is 340 g/mol. The molecule has 0 N–H and O–H groups in total. The van der Waals surface area contributed by atoms with Crippen LogP contribution in [0, 0.1) is 12.7 Å². The smallest absolute Gasteiger partial charge is 0.166 e. The van der Waals surface area contributed by atoms with Crippen molar-refractivity contribution in [2.24, 2.45) is 4.99 Å². The molecule has 2 aromatic rings. The monoisotopic (exact) mass is 355 g/mol. The van der Waals surface area contributed by atoms with Crippen LogP contribution in [0.25, 0.3) is 10.9 Å². The highest BCUT2D eigenvalue weighted by molar-refractivity contribution is 6.31. The zero-order valence-electron chi connectivity index (χ0n) is 12.8. The molecule has 1 aliphatic heterocycles. The van der Waals surface area contributed by atoms with Gasteiger partial charge >= 0.3 is 0 Å². The Morgan fingerprint density at radius 2 is 2.09 bits per heavy atom. The minimum atomic E-state index is -0.436. The fourth-order valence-corrected chi connectivity index (χ4v) is 3.14. The van der Waals surface area contributed by atoms with Crippen molar-refractivity contribution in [1.82, 2.24) is 9.47 Å². The van der Waals surface area contributed by atoms with E-state index in [1.54, 1.807) is 19.4 Å². The Morgan fingerprint density at radius 3 is 2.78 bits per heavy atom. The number of hydrogen-bond acceptors (Lipinski definition) is 3. The molecule has 0 fully saturated rings. The second-order valence-electron chi connectivity index (χ2n) is 5.30. The maximum Gasteiger partial charge on any atom is 0.166 e. The number of benzene rings is 1. The standard InChI is InChI=1S/C16H16Cl2FN3O/c1-10-7-11-13(23-2)8-12(17)15(19)16(11)22(10)6-5-21-9-20-4-3-14(21)18/h3-4,7-8H,5-6,9H2,1-2H3. The van der Waals surface area contributed by atoms with E-state index in [1.165, 1.54) is 6.07 Å². The summed E-state index contributed by atoms with van der Waals surface area (Å²) in [5, 5.41) is 1.39. The molecule has 0 aliphatic carbocycles. The highest BCUT2D eigenvalue weighted by Crippen LogP contribution is 2.35. The number of halogens is 3. The zero-order valence-corrected chi connectivity index (χ0v) is 14.3. The van der Waals surface area contributed by atoms with Crippen LogP contribution in [0.15, 0.2) is 28.4 Å². The van der Waals surface area contributed by atoms with Gasteiger partial charge in [-0.25, -0.2) is 4.39 Å². The summed E-state index contributed by atoms with van der Waals surface area (Å²) >= 11 is 12.2. The molecular formula is C16H16Cl2FN3O. The molecule has 0 saturated heterocycles. The first kappa shape index (κ1) is 16.1.